The van der Waals surface area contributed by atoms with Crippen molar-refractivity contribution in [2.75, 3.05) is 38.6 Å². The van der Waals surface area contributed by atoms with Gasteiger partial charge in [-0.1, -0.05) is 12.1 Å². The molecule has 0 bridgehead atoms. The van der Waals surface area contributed by atoms with Crippen LogP contribution in [0.2, 0.25) is 0 Å². The van der Waals surface area contributed by atoms with Gasteiger partial charge >= 0.3 is 0 Å². The van der Waals surface area contributed by atoms with Gasteiger partial charge in [0.15, 0.2) is 23.2 Å². The van der Waals surface area contributed by atoms with Crippen molar-refractivity contribution in [2.24, 2.45) is 0 Å². The number of nitrogens with one attached hydrogen (secondary N) is 2. The monoisotopic (exact) mass is 395 g/mol. The van der Waals surface area contributed by atoms with Gasteiger partial charge in [-0.25, -0.2) is 13.2 Å². The van der Waals surface area contributed by atoms with E-state index in [0.29, 0.717) is 6.54 Å². The molecule has 2 aromatic carbocycles. The summed E-state index contributed by atoms with van der Waals surface area (Å²) in [6, 6.07) is 8.95. The summed E-state index contributed by atoms with van der Waals surface area (Å²) in [6.45, 7) is 0.223. The Morgan fingerprint density at radius 2 is 1.75 bits per heavy atom. The molecule has 0 radical (unpaired) electrons. The molecule has 0 aliphatic carbocycles. The first kappa shape index (κ1) is 21.2. The van der Waals surface area contributed by atoms with Gasteiger partial charge in [0.1, 0.15) is 6.61 Å². The Morgan fingerprint density at radius 1 is 1.00 bits per heavy atom. The van der Waals surface area contributed by atoms with E-state index in [9.17, 15) is 22.8 Å². The van der Waals surface area contributed by atoms with E-state index in [2.05, 4.69) is 10.6 Å². The van der Waals surface area contributed by atoms with Crippen molar-refractivity contribution >= 4 is 17.5 Å². The highest BCUT2D eigenvalue weighted by atomic mass is 19.2. The molecule has 9 heteroatoms. The molecule has 0 spiro atoms. The molecule has 28 heavy (non-hydrogen) atoms. The molecule has 2 rings (SSSR count). The Bertz CT molecular complexity index is 833. The summed E-state index contributed by atoms with van der Waals surface area (Å²) >= 11 is 0. The molecule has 0 aliphatic heterocycles. The normalized spacial score (nSPS) is 10.6. The molecule has 0 atom stereocenters. The van der Waals surface area contributed by atoms with Crippen molar-refractivity contribution in [3.63, 3.8) is 0 Å². The number of halogens is 3. The first-order chi connectivity index (χ1) is 13.3. The fourth-order valence-corrected chi connectivity index (χ4v) is 2.21. The third kappa shape index (κ3) is 6.92. The van der Waals surface area contributed by atoms with Crippen LogP contribution >= 0.6 is 0 Å². The number of anilines is 1. The number of carbonyl (C=O) groups is 2. The minimum absolute atomic E-state index is 0.000905. The van der Waals surface area contributed by atoms with E-state index >= 15 is 0 Å². The minimum Gasteiger partial charge on any atom is -0.489 e. The van der Waals surface area contributed by atoms with E-state index in [1.165, 1.54) is 18.2 Å². The summed E-state index contributed by atoms with van der Waals surface area (Å²) in [5.74, 6) is -3.42. The van der Waals surface area contributed by atoms with Gasteiger partial charge in [0.25, 0.3) is 0 Å². The topological polar surface area (TPSA) is 70.7 Å². The number of rotatable bonds is 9. The Hall–Kier alpha value is -3.07. The summed E-state index contributed by atoms with van der Waals surface area (Å²) in [4.78, 5) is 25.2. The smallest absolute Gasteiger partial charge is 0.243 e. The van der Waals surface area contributed by atoms with Crippen molar-refractivity contribution in [1.29, 1.82) is 0 Å². The number of ether oxygens (including phenoxy) is 1. The molecule has 2 aromatic rings. The van der Waals surface area contributed by atoms with E-state index in [-0.39, 0.29) is 31.1 Å². The summed E-state index contributed by atoms with van der Waals surface area (Å²) in [5, 5.41) is 4.76. The Labute approximate surface area is 160 Å². The first-order valence-corrected chi connectivity index (χ1v) is 8.42. The van der Waals surface area contributed by atoms with Crippen molar-refractivity contribution in [3.05, 3.63) is 59.9 Å². The molecule has 0 heterocycles. The highest BCUT2D eigenvalue weighted by Crippen LogP contribution is 2.15. The van der Waals surface area contributed by atoms with Gasteiger partial charge in [0.2, 0.25) is 11.8 Å². The van der Waals surface area contributed by atoms with Crippen LogP contribution in [0.25, 0.3) is 0 Å². The van der Waals surface area contributed by atoms with Gasteiger partial charge in [-0.3, -0.25) is 14.5 Å². The summed E-state index contributed by atoms with van der Waals surface area (Å²) in [7, 11) is 1.67. The molecule has 0 saturated heterocycles. The second-order valence-corrected chi connectivity index (χ2v) is 5.97. The molecule has 0 fully saturated rings. The zero-order valence-electron chi connectivity index (χ0n) is 15.2. The number of hydrogen-bond donors (Lipinski definition) is 2. The molecule has 150 valence electrons. The van der Waals surface area contributed by atoms with Gasteiger partial charge < -0.3 is 15.4 Å². The number of amides is 2. The molecule has 0 unspecified atom stereocenters. The highest BCUT2D eigenvalue weighted by molar-refractivity contribution is 5.94. The van der Waals surface area contributed by atoms with Crippen LogP contribution in [-0.2, 0) is 9.59 Å². The lowest BCUT2D eigenvalue weighted by Crippen LogP contribution is -2.40. The second kappa shape index (κ2) is 10.3. The molecule has 2 N–H and O–H groups in total. The molecule has 6 nitrogen and oxygen atoms in total. The second-order valence-electron chi connectivity index (χ2n) is 5.97. The largest absolute Gasteiger partial charge is 0.489 e. The van der Waals surface area contributed by atoms with Gasteiger partial charge in [0, 0.05) is 18.3 Å². The van der Waals surface area contributed by atoms with Crippen LogP contribution < -0.4 is 15.4 Å². The molecule has 2 amide bonds. The van der Waals surface area contributed by atoms with Gasteiger partial charge in [-0.2, -0.15) is 0 Å². The van der Waals surface area contributed by atoms with Crippen LogP contribution in [0.1, 0.15) is 0 Å². The lowest BCUT2D eigenvalue weighted by Gasteiger charge is -2.16. The fraction of sp³-hybridized carbons (Fsp3) is 0.263. The van der Waals surface area contributed by atoms with E-state index in [0.717, 1.165) is 12.1 Å². The average molecular weight is 395 g/mol. The summed E-state index contributed by atoms with van der Waals surface area (Å²) < 4.78 is 44.6. The van der Waals surface area contributed by atoms with Crippen molar-refractivity contribution in [3.8, 4) is 5.75 Å². The van der Waals surface area contributed by atoms with Crippen molar-refractivity contribution < 1.29 is 27.5 Å². The maximum absolute atomic E-state index is 13.4. The third-order valence-electron chi connectivity index (χ3n) is 3.63. The molecular weight excluding hydrogens is 375 g/mol. The number of carbonyl (C=O) groups excluding carboxylic acids is 2. The SMILES string of the molecule is CN(CCOc1ccccc1F)CC(=O)NCC(=O)Nc1ccc(F)c(F)c1. The van der Waals surface area contributed by atoms with Crippen LogP contribution in [-0.4, -0.2) is 50.0 Å². The molecular formula is C19H20F3N3O3. The average Bonchev–Trinajstić information content (AvgIpc) is 2.65. The zero-order valence-corrected chi connectivity index (χ0v) is 15.2. The Balaban J connectivity index is 1.66. The summed E-state index contributed by atoms with van der Waals surface area (Å²) in [5.41, 5.74) is 0.0839. The van der Waals surface area contributed by atoms with E-state index in [1.807, 2.05) is 0 Å². The van der Waals surface area contributed by atoms with Crippen molar-refractivity contribution in [2.45, 2.75) is 0 Å². The predicted octanol–water partition coefficient (Wildman–Crippen LogP) is 2.17. The standard InChI is InChI=1S/C19H20F3N3O3/c1-25(8-9-28-17-5-3-2-4-15(17)21)12-19(27)23-11-18(26)24-13-6-7-14(20)16(22)10-13/h2-7,10H,8-9,11-12H2,1H3,(H,23,27)(H,24,26). The van der Waals surface area contributed by atoms with Gasteiger partial charge in [-0.05, 0) is 31.3 Å². The Morgan fingerprint density at radius 3 is 2.46 bits per heavy atom. The minimum atomic E-state index is -1.08. The number of benzene rings is 2. The maximum Gasteiger partial charge on any atom is 0.243 e. The van der Waals surface area contributed by atoms with Crippen LogP contribution in [0.3, 0.4) is 0 Å². The van der Waals surface area contributed by atoms with Crippen molar-refractivity contribution in [1.82, 2.24) is 10.2 Å². The maximum atomic E-state index is 13.4. The van der Waals surface area contributed by atoms with E-state index in [1.54, 1.807) is 24.1 Å². The van der Waals surface area contributed by atoms with Gasteiger partial charge in [-0.15, -0.1) is 0 Å². The molecule has 0 aromatic heterocycles. The van der Waals surface area contributed by atoms with Crippen LogP contribution in [0, 0.1) is 17.5 Å². The lowest BCUT2D eigenvalue weighted by molar-refractivity contribution is -0.124. The van der Waals surface area contributed by atoms with Crippen LogP contribution in [0.4, 0.5) is 18.9 Å². The zero-order chi connectivity index (χ0) is 20.5. The fourth-order valence-electron chi connectivity index (χ4n) is 2.21. The number of hydrogen-bond acceptors (Lipinski definition) is 4. The lowest BCUT2D eigenvalue weighted by atomic mass is 10.3. The third-order valence-corrected chi connectivity index (χ3v) is 3.63. The quantitative estimate of drug-likeness (QED) is 0.683. The number of para-hydroxylation sites is 1. The predicted molar refractivity (Wildman–Crippen MR) is 97.4 cm³/mol. The van der Waals surface area contributed by atoms with E-state index < -0.39 is 29.3 Å². The Kier molecular flexibility index (Phi) is 7.82. The first-order valence-electron chi connectivity index (χ1n) is 8.42. The van der Waals surface area contributed by atoms with Crippen LogP contribution in [0.15, 0.2) is 42.5 Å². The highest BCUT2D eigenvalue weighted by Gasteiger charge is 2.10. The van der Waals surface area contributed by atoms with Gasteiger partial charge in [0.05, 0.1) is 13.1 Å². The number of likely N-dealkylation sites (N-methyl/N-ethyl adjacent to an activating group) is 1. The molecule has 0 aliphatic rings. The number of nitrogens with zero attached hydrogens (tertiary/aromatic N) is 1. The molecule has 0 saturated carbocycles. The van der Waals surface area contributed by atoms with E-state index in [4.69, 9.17) is 4.74 Å². The summed E-state index contributed by atoms with van der Waals surface area (Å²) in [6.07, 6.45) is 0. The van der Waals surface area contributed by atoms with Crippen LogP contribution in [0.5, 0.6) is 5.75 Å².